The summed E-state index contributed by atoms with van der Waals surface area (Å²) in [7, 11) is 0. The van der Waals surface area contributed by atoms with E-state index in [-0.39, 0.29) is 11.4 Å². The Bertz CT molecular complexity index is 1080. The van der Waals surface area contributed by atoms with Crippen LogP contribution < -0.4 is 5.32 Å². The molecule has 29 heavy (non-hydrogen) atoms. The zero-order valence-electron chi connectivity index (χ0n) is 15.7. The maximum absolute atomic E-state index is 12.2. The minimum atomic E-state index is -0.641. The Morgan fingerprint density at radius 1 is 1.17 bits per heavy atom. The van der Waals surface area contributed by atoms with Crippen molar-refractivity contribution in [2.45, 2.75) is 6.92 Å². The van der Waals surface area contributed by atoms with Gasteiger partial charge in [-0.2, -0.15) is 10.4 Å². The van der Waals surface area contributed by atoms with Crippen molar-refractivity contribution < 1.29 is 14.3 Å². The smallest absolute Gasteiger partial charge is 0.331 e. The van der Waals surface area contributed by atoms with Crippen LogP contribution in [-0.2, 0) is 14.3 Å². The molecule has 0 aliphatic carbocycles. The molecule has 2 aromatic carbocycles. The van der Waals surface area contributed by atoms with Crippen LogP contribution in [0.15, 0.2) is 66.9 Å². The number of rotatable bonds is 6. The van der Waals surface area contributed by atoms with Crippen LogP contribution >= 0.6 is 0 Å². The number of aromatic nitrogens is 2. The number of esters is 1. The number of nitrogens with zero attached hydrogens (tertiary/aromatic N) is 3. The van der Waals surface area contributed by atoms with E-state index in [1.165, 1.54) is 17.0 Å². The number of carbonyl (C=O) groups excluding carboxylic acids is 2. The van der Waals surface area contributed by atoms with Crippen LogP contribution in [0.4, 0.5) is 5.82 Å². The van der Waals surface area contributed by atoms with Crippen molar-refractivity contribution >= 4 is 23.8 Å². The number of amides is 1. The van der Waals surface area contributed by atoms with Gasteiger partial charge in [0, 0.05) is 6.08 Å². The van der Waals surface area contributed by atoms with Gasteiger partial charge in [-0.25, -0.2) is 9.48 Å². The van der Waals surface area contributed by atoms with Crippen molar-refractivity contribution in [2.24, 2.45) is 0 Å². The van der Waals surface area contributed by atoms with Crippen LogP contribution in [0.25, 0.3) is 11.8 Å². The predicted octanol–water partition coefficient (Wildman–Crippen LogP) is 3.25. The molecule has 0 aliphatic rings. The minimum Gasteiger partial charge on any atom is -0.452 e. The molecular weight excluding hydrogens is 368 g/mol. The first kappa shape index (κ1) is 19.6. The Balaban J connectivity index is 1.61. The van der Waals surface area contributed by atoms with Crippen molar-refractivity contribution in [1.29, 1.82) is 5.26 Å². The van der Waals surface area contributed by atoms with E-state index in [1.807, 2.05) is 55.5 Å². The topological polar surface area (TPSA) is 97.0 Å². The second-order valence-electron chi connectivity index (χ2n) is 6.17. The highest BCUT2D eigenvalue weighted by molar-refractivity contribution is 5.95. The summed E-state index contributed by atoms with van der Waals surface area (Å²) < 4.78 is 6.41. The predicted molar refractivity (Wildman–Crippen MR) is 108 cm³/mol. The molecule has 0 bridgehead atoms. The van der Waals surface area contributed by atoms with Gasteiger partial charge in [0.1, 0.15) is 11.6 Å². The lowest BCUT2D eigenvalue weighted by Gasteiger charge is -2.09. The number of nitrogens with one attached hydrogen (secondary N) is 1. The molecule has 1 amide bonds. The molecule has 144 valence electrons. The second-order valence-corrected chi connectivity index (χ2v) is 6.17. The second kappa shape index (κ2) is 9.15. The largest absolute Gasteiger partial charge is 0.452 e. The van der Waals surface area contributed by atoms with Crippen LogP contribution in [0.5, 0.6) is 0 Å². The van der Waals surface area contributed by atoms with Crippen LogP contribution in [0.3, 0.4) is 0 Å². The van der Waals surface area contributed by atoms with E-state index >= 15 is 0 Å². The van der Waals surface area contributed by atoms with Crippen molar-refractivity contribution in [2.75, 3.05) is 11.9 Å². The molecule has 0 atom stereocenters. The Labute approximate surface area is 167 Å². The summed E-state index contributed by atoms with van der Waals surface area (Å²) in [5.74, 6) is -0.996. The lowest BCUT2D eigenvalue weighted by Crippen LogP contribution is -2.22. The van der Waals surface area contributed by atoms with Crippen molar-refractivity contribution in [3.8, 4) is 11.8 Å². The van der Waals surface area contributed by atoms with Gasteiger partial charge in [0.15, 0.2) is 12.4 Å². The summed E-state index contributed by atoms with van der Waals surface area (Å²) in [6, 6.07) is 18.7. The third-order valence-electron chi connectivity index (χ3n) is 3.98. The Morgan fingerprint density at radius 3 is 2.59 bits per heavy atom. The normalized spacial score (nSPS) is 10.5. The van der Waals surface area contributed by atoms with Crippen molar-refractivity contribution in [3.05, 3.63) is 83.6 Å². The molecule has 0 fully saturated rings. The van der Waals surface area contributed by atoms with Crippen LogP contribution in [0.2, 0.25) is 0 Å². The number of benzene rings is 2. The average molecular weight is 386 g/mol. The fourth-order valence-electron chi connectivity index (χ4n) is 2.51. The molecule has 1 N–H and O–H groups in total. The molecule has 3 rings (SSSR count). The molecule has 1 heterocycles. The quantitative estimate of drug-likeness (QED) is 0.518. The first-order chi connectivity index (χ1) is 14.1. The molecule has 7 nitrogen and oxygen atoms in total. The number of aryl methyl sites for hydroxylation is 1. The Morgan fingerprint density at radius 2 is 1.90 bits per heavy atom. The molecule has 0 radical (unpaired) electrons. The number of hydrogen-bond donors (Lipinski definition) is 1. The molecule has 0 saturated heterocycles. The van der Waals surface area contributed by atoms with Gasteiger partial charge >= 0.3 is 5.97 Å². The van der Waals surface area contributed by atoms with Gasteiger partial charge in [0.05, 0.1) is 11.9 Å². The first-order valence-electron chi connectivity index (χ1n) is 8.82. The standard InChI is InChI=1S/C22H18N4O3/c1-16-7-9-17(10-8-16)11-12-21(28)29-15-20(27)25-22-18(13-23)14-24-26(22)19-5-3-2-4-6-19/h2-12,14H,15H2,1H3,(H,25,27)/b12-11+. The molecule has 3 aromatic rings. The van der Waals surface area contributed by atoms with E-state index in [4.69, 9.17) is 4.74 Å². The molecule has 0 saturated carbocycles. The lowest BCUT2D eigenvalue weighted by atomic mass is 10.1. The van der Waals surface area contributed by atoms with Gasteiger partial charge in [0.2, 0.25) is 0 Å². The van der Waals surface area contributed by atoms with Crippen LogP contribution in [-0.4, -0.2) is 28.3 Å². The monoisotopic (exact) mass is 386 g/mol. The number of hydrogen-bond acceptors (Lipinski definition) is 5. The van der Waals surface area contributed by atoms with Crippen molar-refractivity contribution in [3.63, 3.8) is 0 Å². The van der Waals surface area contributed by atoms with Gasteiger partial charge in [-0.1, -0.05) is 48.0 Å². The van der Waals surface area contributed by atoms with E-state index in [9.17, 15) is 14.9 Å². The summed E-state index contributed by atoms with van der Waals surface area (Å²) in [5, 5.41) is 16.0. The molecular formula is C22H18N4O3. The maximum Gasteiger partial charge on any atom is 0.331 e. The molecule has 0 unspecified atom stereocenters. The summed E-state index contributed by atoms with van der Waals surface area (Å²) in [4.78, 5) is 24.1. The minimum absolute atomic E-state index is 0.202. The number of nitriles is 1. The molecule has 1 aromatic heterocycles. The highest BCUT2D eigenvalue weighted by Crippen LogP contribution is 2.19. The van der Waals surface area contributed by atoms with E-state index < -0.39 is 18.5 Å². The van der Waals surface area contributed by atoms with Crippen LogP contribution in [0.1, 0.15) is 16.7 Å². The van der Waals surface area contributed by atoms with Gasteiger partial charge in [0.25, 0.3) is 5.91 Å². The fraction of sp³-hybridized carbons (Fsp3) is 0.0909. The summed E-state index contributed by atoms with van der Waals surface area (Å²) >= 11 is 0. The number of carbonyl (C=O) groups is 2. The zero-order chi connectivity index (χ0) is 20.6. The van der Waals surface area contributed by atoms with Gasteiger partial charge in [-0.15, -0.1) is 0 Å². The van der Waals surface area contributed by atoms with E-state index in [1.54, 1.807) is 18.2 Å². The van der Waals surface area contributed by atoms with E-state index in [0.717, 1.165) is 11.1 Å². The number of ether oxygens (including phenoxy) is 1. The highest BCUT2D eigenvalue weighted by Gasteiger charge is 2.15. The SMILES string of the molecule is Cc1ccc(/C=C/C(=O)OCC(=O)Nc2c(C#N)cnn2-c2ccccc2)cc1. The van der Waals surface area contributed by atoms with Crippen LogP contribution in [0, 0.1) is 18.3 Å². The zero-order valence-corrected chi connectivity index (χ0v) is 15.7. The molecule has 7 heteroatoms. The van der Waals surface area contributed by atoms with Crippen molar-refractivity contribution in [1.82, 2.24) is 9.78 Å². The van der Waals surface area contributed by atoms with E-state index in [2.05, 4.69) is 10.4 Å². The van der Waals surface area contributed by atoms with Gasteiger partial charge in [-0.05, 0) is 30.7 Å². The molecule has 0 aliphatic heterocycles. The first-order valence-corrected chi connectivity index (χ1v) is 8.82. The lowest BCUT2D eigenvalue weighted by molar-refractivity contribution is -0.142. The third kappa shape index (κ3) is 5.17. The summed E-state index contributed by atoms with van der Waals surface area (Å²) in [5.41, 5.74) is 2.85. The van der Waals surface area contributed by atoms with Gasteiger partial charge < -0.3 is 10.1 Å². The third-order valence-corrected chi connectivity index (χ3v) is 3.98. The Hall–Kier alpha value is -4.18. The number of para-hydroxylation sites is 1. The number of anilines is 1. The van der Waals surface area contributed by atoms with Gasteiger partial charge in [-0.3, -0.25) is 4.79 Å². The fourth-order valence-corrected chi connectivity index (χ4v) is 2.51. The highest BCUT2D eigenvalue weighted by atomic mass is 16.5. The summed E-state index contributed by atoms with van der Waals surface area (Å²) in [6.07, 6.45) is 4.23. The maximum atomic E-state index is 12.2. The van der Waals surface area contributed by atoms with E-state index in [0.29, 0.717) is 5.69 Å². The average Bonchev–Trinajstić information content (AvgIpc) is 3.15. The Kier molecular flexibility index (Phi) is 6.18. The molecule has 0 spiro atoms. The summed E-state index contributed by atoms with van der Waals surface area (Å²) in [6.45, 7) is 1.49.